The zero-order chi connectivity index (χ0) is 17.7. The van der Waals surface area contributed by atoms with Gasteiger partial charge in [-0.05, 0) is 32.8 Å². The second-order valence-corrected chi connectivity index (χ2v) is 7.15. The summed E-state index contributed by atoms with van der Waals surface area (Å²) in [4.78, 5) is 27.1. The molecule has 1 atom stereocenters. The Morgan fingerprint density at radius 3 is 2.46 bits per heavy atom. The molecule has 1 unspecified atom stereocenters. The third-order valence-corrected chi connectivity index (χ3v) is 3.87. The Kier molecular flexibility index (Phi) is 5.83. The van der Waals surface area contributed by atoms with E-state index in [1.807, 2.05) is 56.0 Å². The van der Waals surface area contributed by atoms with Crippen molar-refractivity contribution in [2.45, 2.75) is 38.8 Å². The molecular formula is C18H26N2O4. The maximum absolute atomic E-state index is 12.5. The third-order valence-electron chi connectivity index (χ3n) is 3.87. The molecule has 0 spiro atoms. The van der Waals surface area contributed by atoms with Crippen molar-refractivity contribution in [2.75, 3.05) is 26.2 Å². The van der Waals surface area contributed by atoms with Crippen LogP contribution < -0.4 is 0 Å². The summed E-state index contributed by atoms with van der Waals surface area (Å²) >= 11 is 0. The first-order valence-electron chi connectivity index (χ1n) is 8.22. The standard InChI is InChI=1S/C18H26N2O4/c1-18(2,3)24-17(23)20-10-9-19(13-16(21)22)12-15(20)11-14-7-5-4-6-8-14/h4-8,15H,9-13H2,1-3H3,(H,21,22). The van der Waals surface area contributed by atoms with Crippen LogP contribution in [0.5, 0.6) is 0 Å². The van der Waals surface area contributed by atoms with Crippen LogP contribution >= 0.6 is 0 Å². The highest BCUT2D eigenvalue weighted by Crippen LogP contribution is 2.19. The molecule has 1 N–H and O–H groups in total. The Hall–Kier alpha value is -2.08. The van der Waals surface area contributed by atoms with Gasteiger partial charge in [0, 0.05) is 19.6 Å². The molecule has 24 heavy (non-hydrogen) atoms. The molecule has 132 valence electrons. The maximum Gasteiger partial charge on any atom is 0.410 e. The summed E-state index contributed by atoms with van der Waals surface area (Å²) in [6, 6.07) is 9.81. The first-order valence-corrected chi connectivity index (χ1v) is 8.22. The largest absolute Gasteiger partial charge is 0.480 e. The van der Waals surface area contributed by atoms with E-state index in [9.17, 15) is 9.59 Å². The van der Waals surface area contributed by atoms with Crippen LogP contribution in [0.1, 0.15) is 26.3 Å². The van der Waals surface area contributed by atoms with Gasteiger partial charge in [0.05, 0.1) is 12.6 Å². The van der Waals surface area contributed by atoms with E-state index >= 15 is 0 Å². The number of carboxylic acid groups (broad SMARTS) is 1. The summed E-state index contributed by atoms with van der Waals surface area (Å²) in [5.41, 5.74) is 0.570. The van der Waals surface area contributed by atoms with Crippen LogP contribution in [0.3, 0.4) is 0 Å². The number of piperazine rings is 1. The van der Waals surface area contributed by atoms with Gasteiger partial charge in [0.15, 0.2) is 0 Å². The van der Waals surface area contributed by atoms with Crippen LogP contribution in [0, 0.1) is 0 Å². The molecule has 2 rings (SSSR count). The van der Waals surface area contributed by atoms with Crippen LogP contribution in [0.2, 0.25) is 0 Å². The summed E-state index contributed by atoms with van der Waals surface area (Å²) in [6.45, 7) is 7.07. The van der Waals surface area contributed by atoms with Gasteiger partial charge >= 0.3 is 12.1 Å². The number of ether oxygens (including phenoxy) is 1. The highest BCUT2D eigenvalue weighted by atomic mass is 16.6. The molecule has 0 aromatic heterocycles. The molecule has 0 bridgehead atoms. The molecule has 0 aliphatic carbocycles. The fourth-order valence-corrected chi connectivity index (χ4v) is 2.88. The molecule has 0 radical (unpaired) electrons. The monoisotopic (exact) mass is 334 g/mol. The number of carbonyl (C=O) groups excluding carboxylic acids is 1. The van der Waals surface area contributed by atoms with Crippen molar-refractivity contribution >= 4 is 12.1 Å². The molecular weight excluding hydrogens is 308 g/mol. The van der Waals surface area contributed by atoms with E-state index in [1.165, 1.54) is 0 Å². The lowest BCUT2D eigenvalue weighted by Crippen LogP contribution is -2.57. The van der Waals surface area contributed by atoms with Crippen LogP contribution in [0.25, 0.3) is 0 Å². The van der Waals surface area contributed by atoms with Crippen LogP contribution in [-0.2, 0) is 16.0 Å². The first kappa shape index (κ1) is 18.3. The number of carbonyl (C=O) groups is 2. The highest BCUT2D eigenvalue weighted by Gasteiger charge is 2.33. The quantitative estimate of drug-likeness (QED) is 0.914. The van der Waals surface area contributed by atoms with Gasteiger partial charge in [0.25, 0.3) is 0 Å². The Morgan fingerprint density at radius 2 is 1.88 bits per heavy atom. The summed E-state index contributed by atoms with van der Waals surface area (Å²) in [5, 5.41) is 9.02. The molecule has 1 aromatic carbocycles. The van der Waals surface area contributed by atoms with Gasteiger partial charge in [-0.25, -0.2) is 4.79 Å². The molecule has 0 saturated carbocycles. The molecule has 6 nitrogen and oxygen atoms in total. The van der Waals surface area contributed by atoms with E-state index in [1.54, 1.807) is 4.90 Å². The molecule has 1 aromatic rings. The number of nitrogens with zero attached hydrogens (tertiary/aromatic N) is 2. The Labute approximate surface area is 143 Å². The Bertz CT molecular complexity index is 568. The number of benzene rings is 1. The smallest absolute Gasteiger partial charge is 0.410 e. The highest BCUT2D eigenvalue weighted by molar-refractivity contribution is 5.70. The van der Waals surface area contributed by atoms with Gasteiger partial charge in [0.2, 0.25) is 0 Å². The van der Waals surface area contributed by atoms with Crippen molar-refractivity contribution in [3.63, 3.8) is 0 Å². The van der Waals surface area contributed by atoms with Crippen molar-refractivity contribution in [3.8, 4) is 0 Å². The first-order chi connectivity index (χ1) is 11.2. The van der Waals surface area contributed by atoms with Crippen molar-refractivity contribution in [1.82, 2.24) is 9.80 Å². The van der Waals surface area contributed by atoms with E-state index in [0.29, 0.717) is 26.1 Å². The second-order valence-electron chi connectivity index (χ2n) is 7.15. The molecule has 1 aliphatic rings. The lowest BCUT2D eigenvalue weighted by atomic mass is 10.0. The number of hydrogen-bond acceptors (Lipinski definition) is 4. The lowest BCUT2D eigenvalue weighted by Gasteiger charge is -2.41. The predicted octanol–water partition coefficient (Wildman–Crippen LogP) is 2.24. The number of amides is 1. The fraction of sp³-hybridized carbons (Fsp3) is 0.556. The van der Waals surface area contributed by atoms with Crippen LogP contribution in [0.15, 0.2) is 30.3 Å². The van der Waals surface area contributed by atoms with Gasteiger partial charge in [-0.3, -0.25) is 9.69 Å². The normalized spacial score (nSPS) is 19.1. The van der Waals surface area contributed by atoms with Crippen LogP contribution in [0.4, 0.5) is 4.79 Å². The predicted molar refractivity (Wildman–Crippen MR) is 90.9 cm³/mol. The van der Waals surface area contributed by atoms with E-state index in [2.05, 4.69) is 0 Å². The van der Waals surface area contributed by atoms with E-state index in [-0.39, 0.29) is 18.7 Å². The minimum Gasteiger partial charge on any atom is -0.480 e. The minimum atomic E-state index is -0.848. The molecule has 1 fully saturated rings. The van der Waals surface area contributed by atoms with Gasteiger partial charge in [-0.1, -0.05) is 30.3 Å². The van der Waals surface area contributed by atoms with Crippen LogP contribution in [-0.4, -0.2) is 64.8 Å². The Balaban J connectivity index is 2.12. The molecule has 1 heterocycles. The summed E-state index contributed by atoms with van der Waals surface area (Å²) in [6.07, 6.45) is 0.342. The summed E-state index contributed by atoms with van der Waals surface area (Å²) in [7, 11) is 0. The van der Waals surface area contributed by atoms with Gasteiger partial charge in [-0.2, -0.15) is 0 Å². The number of rotatable bonds is 4. The summed E-state index contributed by atoms with van der Waals surface area (Å²) in [5.74, 6) is -0.848. The van der Waals surface area contributed by atoms with Crippen molar-refractivity contribution in [2.24, 2.45) is 0 Å². The van der Waals surface area contributed by atoms with Gasteiger partial charge in [0.1, 0.15) is 5.60 Å². The zero-order valence-corrected chi connectivity index (χ0v) is 14.6. The molecule has 1 amide bonds. The molecule has 1 saturated heterocycles. The SMILES string of the molecule is CC(C)(C)OC(=O)N1CCN(CC(=O)O)CC1Cc1ccccc1. The van der Waals surface area contributed by atoms with Crippen molar-refractivity contribution in [3.05, 3.63) is 35.9 Å². The minimum absolute atomic E-state index is 0.00650. The van der Waals surface area contributed by atoms with Gasteiger partial charge in [-0.15, -0.1) is 0 Å². The number of hydrogen-bond donors (Lipinski definition) is 1. The molecule has 6 heteroatoms. The topological polar surface area (TPSA) is 70.1 Å². The van der Waals surface area contributed by atoms with Crippen molar-refractivity contribution in [1.29, 1.82) is 0 Å². The van der Waals surface area contributed by atoms with Crippen molar-refractivity contribution < 1.29 is 19.4 Å². The van der Waals surface area contributed by atoms with Gasteiger partial charge < -0.3 is 14.7 Å². The average Bonchev–Trinajstić information content (AvgIpc) is 2.46. The zero-order valence-electron chi connectivity index (χ0n) is 14.6. The fourth-order valence-electron chi connectivity index (χ4n) is 2.88. The maximum atomic E-state index is 12.5. The lowest BCUT2D eigenvalue weighted by molar-refractivity contribution is -0.138. The van der Waals surface area contributed by atoms with E-state index < -0.39 is 11.6 Å². The number of carboxylic acids is 1. The Morgan fingerprint density at radius 1 is 1.21 bits per heavy atom. The number of aliphatic carboxylic acids is 1. The third kappa shape index (κ3) is 5.53. The van der Waals surface area contributed by atoms with E-state index in [4.69, 9.17) is 9.84 Å². The average molecular weight is 334 g/mol. The molecule has 1 aliphatic heterocycles. The second kappa shape index (κ2) is 7.66. The van der Waals surface area contributed by atoms with E-state index in [0.717, 1.165) is 5.56 Å². The summed E-state index contributed by atoms with van der Waals surface area (Å²) < 4.78 is 5.51.